The molecule has 5 heteroatoms. The van der Waals surface area contributed by atoms with Crippen LogP contribution in [0.1, 0.15) is 18.5 Å². The van der Waals surface area contributed by atoms with Crippen molar-refractivity contribution in [3.8, 4) is 0 Å². The van der Waals surface area contributed by atoms with Gasteiger partial charge in [-0.2, -0.15) is 0 Å². The lowest BCUT2D eigenvalue weighted by Crippen LogP contribution is -2.36. The number of carbonyl (C=O) groups is 1. The average Bonchev–Trinajstić information content (AvgIpc) is 2.47. The van der Waals surface area contributed by atoms with Gasteiger partial charge in [0.05, 0.1) is 5.92 Å². The number of carboxylic acid groups (broad SMARTS) is 1. The predicted octanol–water partition coefficient (Wildman–Crippen LogP) is 2.98. The molecule has 3 rings (SSSR count). The van der Waals surface area contributed by atoms with Gasteiger partial charge in [-0.15, -0.1) is 0 Å². The van der Waals surface area contributed by atoms with Gasteiger partial charge in [-0.25, -0.2) is 9.37 Å². The second-order valence-corrected chi connectivity index (χ2v) is 5.52. The van der Waals surface area contributed by atoms with Crippen LogP contribution in [0.5, 0.6) is 0 Å². The molecule has 0 saturated carbocycles. The zero-order chi connectivity index (χ0) is 15.0. The SMILES string of the molecule is Cc1cc(N2CCC(C(=O)O)CC2)c2cccc(F)c2n1. The first-order chi connectivity index (χ1) is 10.1. The molecule has 0 aliphatic carbocycles. The average molecular weight is 288 g/mol. The third kappa shape index (κ3) is 2.55. The number of pyridine rings is 1. The summed E-state index contributed by atoms with van der Waals surface area (Å²) in [6, 6.07) is 6.91. The van der Waals surface area contributed by atoms with Crippen LogP contribution in [-0.2, 0) is 4.79 Å². The summed E-state index contributed by atoms with van der Waals surface area (Å²) in [6.07, 6.45) is 1.24. The molecule has 110 valence electrons. The molecule has 0 radical (unpaired) electrons. The van der Waals surface area contributed by atoms with Crippen LogP contribution in [0.25, 0.3) is 10.9 Å². The Hall–Kier alpha value is -2.17. The molecule has 1 aliphatic heterocycles. The Morgan fingerprint density at radius 2 is 2.10 bits per heavy atom. The van der Waals surface area contributed by atoms with Crippen LogP contribution in [0, 0.1) is 18.7 Å². The number of anilines is 1. The first-order valence-electron chi connectivity index (χ1n) is 7.10. The van der Waals surface area contributed by atoms with Crippen molar-refractivity contribution >= 4 is 22.6 Å². The summed E-state index contributed by atoms with van der Waals surface area (Å²) in [6.45, 7) is 3.19. The van der Waals surface area contributed by atoms with Crippen LogP contribution < -0.4 is 4.90 Å². The van der Waals surface area contributed by atoms with E-state index in [1.807, 2.05) is 19.1 Å². The minimum absolute atomic E-state index is 0.271. The third-order valence-corrected chi connectivity index (χ3v) is 4.08. The molecule has 1 fully saturated rings. The first-order valence-corrected chi connectivity index (χ1v) is 7.10. The van der Waals surface area contributed by atoms with Gasteiger partial charge < -0.3 is 10.0 Å². The van der Waals surface area contributed by atoms with E-state index in [-0.39, 0.29) is 11.7 Å². The number of nitrogens with zero attached hydrogens (tertiary/aromatic N) is 2. The monoisotopic (exact) mass is 288 g/mol. The number of hydrogen-bond acceptors (Lipinski definition) is 3. The van der Waals surface area contributed by atoms with Gasteiger partial charge >= 0.3 is 5.97 Å². The summed E-state index contributed by atoms with van der Waals surface area (Å²) in [5.41, 5.74) is 2.09. The number of aliphatic carboxylic acids is 1. The number of benzene rings is 1. The molecule has 0 spiro atoms. The highest BCUT2D eigenvalue weighted by molar-refractivity contribution is 5.92. The van der Waals surface area contributed by atoms with Crippen molar-refractivity contribution in [3.63, 3.8) is 0 Å². The topological polar surface area (TPSA) is 53.4 Å². The Bertz CT molecular complexity index is 694. The Morgan fingerprint density at radius 3 is 2.76 bits per heavy atom. The number of piperidine rings is 1. The number of aromatic nitrogens is 1. The molecule has 1 aliphatic rings. The zero-order valence-corrected chi connectivity index (χ0v) is 11.8. The summed E-state index contributed by atoms with van der Waals surface area (Å²) in [4.78, 5) is 17.4. The number of halogens is 1. The molecule has 2 aromatic rings. The summed E-state index contributed by atoms with van der Waals surface area (Å²) in [5.74, 6) is -1.32. The van der Waals surface area contributed by atoms with E-state index in [0.29, 0.717) is 31.4 Å². The van der Waals surface area contributed by atoms with Crippen LogP contribution in [0.15, 0.2) is 24.3 Å². The maximum absolute atomic E-state index is 13.9. The van der Waals surface area contributed by atoms with Crippen LogP contribution in [-0.4, -0.2) is 29.1 Å². The lowest BCUT2D eigenvalue weighted by atomic mass is 9.96. The number of hydrogen-bond donors (Lipinski definition) is 1. The second kappa shape index (κ2) is 5.31. The van der Waals surface area contributed by atoms with Gasteiger partial charge in [-0.05, 0) is 31.9 Å². The van der Waals surface area contributed by atoms with Crippen LogP contribution in [0.4, 0.5) is 10.1 Å². The summed E-state index contributed by atoms with van der Waals surface area (Å²) >= 11 is 0. The lowest BCUT2D eigenvalue weighted by Gasteiger charge is -2.32. The fourth-order valence-corrected chi connectivity index (χ4v) is 2.95. The second-order valence-electron chi connectivity index (χ2n) is 5.52. The molecule has 1 aromatic heterocycles. The summed E-state index contributed by atoms with van der Waals surface area (Å²) < 4.78 is 13.9. The minimum atomic E-state index is -0.725. The van der Waals surface area contributed by atoms with Crippen molar-refractivity contribution in [2.24, 2.45) is 5.92 Å². The molecule has 4 nitrogen and oxygen atoms in total. The number of para-hydroxylation sites is 1. The summed E-state index contributed by atoms with van der Waals surface area (Å²) in [7, 11) is 0. The van der Waals surface area contributed by atoms with Crippen molar-refractivity contribution in [1.29, 1.82) is 0 Å². The van der Waals surface area contributed by atoms with Crippen molar-refractivity contribution in [2.45, 2.75) is 19.8 Å². The third-order valence-electron chi connectivity index (χ3n) is 4.08. The van der Waals surface area contributed by atoms with Gasteiger partial charge in [0.15, 0.2) is 0 Å². The van der Waals surface area contributed by atoms with Gasteiger partial charge in [-0.1, -0.05) is 12.1 Å². The number of rotatable bonds is 2. The van der Waals surface area contributed by atoms with E-state index in [9.17, 15) is 9.18 Å². The smallest absolute Gasteiger partial charge is 0.306 e. The van der Waals surface area contributed by atoms with Crippen molar-refractivity contribution in [2.75, 3.05) is 18.0 Å². The quantitative estimate of drug-likeness (QED) is 0.923. The van der Waals surface area contributed by atoms with Gasteiger partial charge in [-0.3, -0.25) is 4.79 Å². The number of carboxylic acids is 1. The molecule has 0 bridgehead atoms. The van der Waals surface area contributed by atoms with E-state index >= 15 is 0 Å². The molecular weight excluding hydrogens is 271 g/mol. The van der Waals surface area contributed by atoms with Crippen molar-refractivity contribution in [3.05, 3.63) is 35.8 Å². The van der Waals surface area contributed by atoms with Crippen LogP contribution in [0.2, 0.25) is 0 Å². The highest BCUT2D eigenvalue weighted by atomic mass is 19.1. The molecular formula is C16H17FN2O2. The summed E-state index contributed by atoms with van der Waals surface area (Å²) in [5, 5.41) is 9.86. The van der Waals surface area contributed by atoms with E-state index in [2.05, 4.69) is 9.88 Å². The molecule has 1 N–H and O–H groups in total. The number of fused-ring (bicyclic) bond motifs is 1. The molecule has 1 saturated heterocycles. The largest absolute Gasteiger partial charge is 0.481 e. The van der Waals surface area contributed by atoms with E-state index in [0.717, 1.165) is 16.8 Å². The normalized spacial score (nSPS) is 16.4. The van der Waals surface area contributed by atoms with E-state index in [1.54, 1.807) is 6.07 Å². The predicted molar refractivity (Wildman–Crippen MR) is 79.0 cm³/mol. The Balaban J connectivity index is 1.98. The van der Waals surface area contributed by atoms with Crippen molar-refractivity contribution < 1.29 is 14.3 Å². The van der Waals surface area contributed by atoms with Gasteiger partial charge in [0.2, 0.25) is 0 Å². The maximum atomic E-state index is 13.9. The molecule has 0 unspecified atom stereocenters. The molecule has 1 aromatic carbocycles. The number of aryl methyl sites for hydroxylation is 1. The molecule has 0 atom stereocenters. The Morgan fingerprint density at radius 1 is 1.38 bits per heavy atom. The fraction of sp³-hybridized carbons (Fsp3) is 0.375. The van der Waals surface area contributed by atoms with E-state index < -0.39 is 5.97 Å². The van der Waals surface area contributed by atoms with E-state index in [1.165, 1.54) is 6.07 Å². The van der Waals surface area contributed by atoms with Gasteiger partial charge in [0.25, 0.3) is 0 Å². The van der Waals surface area contributed by atoms with Crippen LogP contribution in [0.3, 0.4) is 0 Å². The minimum Gasteiger partial charge on any atom is -0.481 e. The standard InChI is InChI=1S/C16H17FN2O2/c1-10-9-14(12-3-2-4-13(17)15(12)18-10)19-7-5-11(6-8-19)16(20)21/h2-4,9,11H,5-8H2,1H3,(H,20,21). The van der Waals surface area contributed by atoms with Gasteiger partial charge in [0.1, 0.15) is 11.3 Å². The van der Waals surface area contributed by atoms with Crippen LogP contribution >= 0.6 is 0 Å². The first kappa shape index (κ1) is 13.8. The van der Waals surface area contributed by atoms with E-state index in [4.69, 9.17) is 5.11 Å². The highest BCUT2D eigenvalue weighted by Crippen LogP contribution is 2.31. The van der Waals surface area contributed by atoms with Crippen molar-refractivity contribution in [1.82, 2.24) is 4.98 Å². The molecule has 21 heavy (non-hydrogen) atoms. The fourth-order valence-electron chi connectivity index (χ4n) is 2.95. The van der Waals surface area contributed by atoms with Gasteiger partial charge in [0, 0.05) is 29.9 Å². The lowest BCUT2D eigenvalue weighted by molar-refractivity contribution is -0.142. The highest BCUT2D eigenvalue weighted by Gasteiger charge is 2.25. The molecule has 0 amide bonds. The molecule has 2 heterocycles. The Labute approximate surface area is 122 Å². The maximum Gasteiger partial charge on any atom is 0.306 e. The zero-order valence-electron chi connectivity index (χ0n) is 11.8. The Kier molecular flexibility index (Phi) is 3.49.